The topological polar surface area (TPSA) is 101 Å². The second kappa shape index (κ2) is 10.5. The van der Waals surface area contributed by atoms with Gasteiger partial charge in [0, 0.05) is 31.7 Å². The highest BCUT2D eigenvalue weighted by atomic mass is 19.1. The van der Waals surface area contributed by atoms with Gasteiger partial charge in [0.15, 0.2) is 0 Å². The number of hydrogen-bond donors (Lipinski definition) is 2. The molecule has 1 aliphatic heterocycles. The lowest BCUT2D eigenvalue weighted by molar-refractivity contribution is -0.116. The van der Waals surface area contributed by atoms with E-state index in [1.807, 2.05) is 0 Å². The number of benzene rings is 2. The number of nitrogens with zero attached hydrogens (tertiary/aromatic N) is 4. The normalized spacial score (nSPS) is 14.1. The van der Waals surface area contributed by atoms with E-state index >= 15 is 0 Å². The van der Waals surface area contributed by atoms with Crippen LogP contribution in [0.4, 0.5) is 20.2 Å². The van der Waals surface area contributed by atoms with E-state index in [1.54, 1.807) is 6.92 Å². The number of halogens is 2. The predicted molar refractivity (Wildman–Crippen MR) is 121 cm³/mol. The van der Waals surface area contributed by atoms with Crippen LogP contribution >= 0.6 is 0 Å². The van der Waals surface area contributed by atoms with Crippen molar-refractivity contribution >= 4 is 23.2 Å². The Morgan fingerprint density at radius 2 is 1.79 bits per heavy atom. The van der Waals surface area contributed by atoms with Gasteiger partial charge >= 0.3 is 0 Å². The fourth-order valence-corrected chi connectivity index (χ4v) is 3.50. The maximum Gasteiger partial charge on any atom is 0.295 e. The van der Waals surface area contributed by atoms with Gasteiger partial charge in [-0.15, -0.1) is 5.10 Å². The van der Waals surface area contributed by atoms with Crippen LogP contribution in [0, 0.1) is 18.6 Å². The lowest BCUT2D eigenvalue weighted by atomic mass is 10.2. The van der Waals surface area contributed by atoms with Gasteiger partial charge in [0.25, 0.3) is 5.91 Å². The van der Waals surface area contributed by atoms with Gasteiger partial charge in [-0.2, -0.15) is 0 Å². The molecular weight excluding hydrogens is 446 g/mol. The van der Waals surface area contributed by atoms with E-state index in [4.69, 9.17) is 4.74 Å². The number of anilines is 2. The molecule has 34 heavy (non-hydrogen) atoms. The molecule has 0 saturated carbocycles. The van der Waals surface area contributed by atoms with E-state index in [0.717, 1.165) is 19.2 Å². The van der Waals surface area contributed by atoms with E-state index in [0.29, 0.717) is 31.3 Å². The number of morpholine rings is 1. The number of amides is 2. The number of ether oxygens (including phenoxy) is 1. The summed E-state index contributed by atoms with van der Waals surface area (Å²) >= 11 is 0. The van der Waals surface area contributed by atoms with Crippen molar-refractivity contribution in [2.75, 3.05) is 43.5 Å². The fraction of sp³-hybridized carbons (Fsp3) is 0.304. The summed E-state index contributed by atoms with van der Waals surface area (Å²) in [4.78, 5) is 31.2. The third-order valence-electron chi connectivity index (χ3n) is 5.30. The van der Waals surface area contributed by atoms with E-state index < -0.39 is 11.7 Å². The molecule has 3 aromatic rings. The predicted octanol–water partition coefficient (Wildman–Crippen LogP) is 2.77. The number of carbonyl (C=O) groups excluding carboxylic acids is 2. The summed E-state index contributed by atoms with van der Waals surface area (Å²) in [6.45, 7) is 4.99. The van der Waals surface area contributed by atoms with E-state index in [2.05, 4.69) is 25.6 Å². The Balaban J connectivity index is 1.39. The molecule has 11 heteroatoms. The maximum absolute atomic E-state index is 14.2. The van der Waals surface area contributed by atoms with Gasteiger partial charge in [-0.3, -0.25) is 14.5 Å². The van der Waals surface area contributed by atoms with Gasteiger partial charge < -0.3 is 15.4 Å². The molecule has 9 nitrogen and oxygen atoms in total. The molecular formula is C23H24F2N6O3. The molecule has 1 aliphatic rings. The molecule has 2 amide bonds. The number of aryl methyl sites for hydroxylation is 1. The Bertz CT molecular complexity index is 1180. The highest BCUT2D eigenvalue weighted by Gasteiger charge is 2.17. The highest BCUT2D eigenvalue weighted by Crippen LogP contribution is 2.21. The quantitative estimate of drug-likeness (QED) is 0.551. The first kappa shape index (κ1) is 23.5. The van der Waals surface area contributed by atoms with Crippen molar-refractivity contribution in [3.8, 4) is 5.69 Å². The Morgan fingerprint density at radius 3 is 2.53 bits per heavy atom. The van der Waals surface area contributed by atoms with Gasteiger partial charge in [0.05, 0.1) is 24.6 Å². The highest BCUT2D eigenvalue weighted by molar-refractivity contribution is 6.02. The van der Waals surface area contributed by atoms with E-state index in [-0.39, 0.29) is 35.3 Å². The molecule has 2 N–H and O–H groups in total. The summed E-state index contributed by atoms with van der Waals surface area (Å²) in [5.74, 6) is -1.62. The lowest BCUT2D eigenvalue weighted by Gasteiger charge is -2.26. The average Bonchev–Trinajstić information content (AvgIpc) is 3.23. The maximum atomic E-state index is 14.2. The van der Waals surface area contributed by atoms with Crippen LogP contribution in [0.5, 0.6) is 0 Å². The first-order valence-electron chi connectivity index (χ1n) is 10.8. The zero-order chi connectivity index (χ0) is 24.1. The van der Waals surface area contributed by atoms with Crippen LogP contribution in [0.25, 0.3) is 5.69 Å². The smallest absolute Gasteiger partial charge is 0.295 e. The summed E-state index contributed by atoms with van der Waals surface area (Å²) in [5, 5.41) is 9.34. The van der Waals surface area contributed by atoms with Crippen molar-refractivity contribution in [1.82, 2.24) is 19.7 Å². The van der Waals surface area contributed by atoms with Gasteiger partial charge in [0.1, 0.15) is 17.5 Å². The van der Waals surface area contributed by atoms with Crippen LogP contribution in [0.15, 0.2) is 42.5 Å². The Hall–Kier alpha value is -3.70. The zero-order valence-corrected chi connectivity index (χ0v) is 18.6. The summed E-state index contributed by atoms with van der Waals surface area (Å²) in [6, 6.07) is 9.48. The van der Waals surface area contributed by atoms with Crippen molar-refractivity contribution in [3.05, 3.63) is 65.7 Å². The average molecular weight is 470 g/mol. The van der Waals surface area contributed by atoms with Crippen LogP contribution in [-0.4, -0.2) is 64.3 Å². The van der Waals surface area contributed by atoms with Crippen molar-refractivity contribution in [2.24, 2.45) is 0 Å². The van der Waals surface area contributed by atoms with Crippen molar-refractivity contribution in [2.45, 2.75) is 13.3 Å². The third-order valence-corrected chi connectivity index (χ3v) is 5.30. The molecule has 1 fully saturated rings. The van der Waals surface area contributed by atoms with Crippen LogP contribution in [-0.2, 0) is 9.53 Å². The molecule has 4 rings (SSSR count). The molecule has 0 unspecified atom stereocenters. The minimum atomic E-state index is -0.618. The fourth-order valence-electron chi connectivity index (χ4n) is 3.50. The Labute approximate surface area is 194 Å². The number of hydrogen-bond acceptors (Lipinski definition) is 6. The minimum absolute atomic E-state index is 0.0363. The third kappa shape index (κ3) is 5.80. The van der Waals surface area contributed by atoms with Gasteiger partial charge in [-0.25, -0.2) is 18.4 Å². The monoisotopic (exact) mass is 470 g/mol. The standard InChI is InChI=1S/C23H24F2N6O3/c1-15-26-22(29-31(15)18-5-2-16(24)3-6-18)23(33)27-17-4-7-19(25)20(14-17)28-21(32)8-9-30-10-12-34-13-11-30/h2-7,14H,8-13H2,1H3,(H,27,33)(H,28,32). The van der Waals surface area contributed by atoms with E-state index in [9.17, 15) is 18.4 Å². The van der Waals surface area contributed by atoms with Crippen molar-refractivity contribution in [3.63, 3.8) is 0 Å². The molecule has 1 saturated heterocycles. The largest absolute Gasteiger partial charge is 0.379 e. The van der Waals surface area contributed by atoms with Crippen molar-refractivity contribution in [1.29, 1.82) is 0 Å². The van der Waals surface area contributed by atoms with Crippen LogP contribution < -0.4 is 10.6 Å². The number of rotatable bonds is 7. The summed E-state index contributed by atoms with van der Waals surface area (Å²) < 4.78 is 34.1. The first-order valence-corrected chi connectivity index (χ1v) is 10.8. The van der Waals surface area contributed by atoms with Gasteiger partial charge in [0.2, 0.25) is 11.7 Å². The molecule has 0 spiro atoms. The van der Waals surface area contributed by atoms with Crippen LogP contribution in [0.3, 0.4) is 0 Å². The molecule has 2 aromatic carbocycles. The lowest BCUT2D eigenvalue weighted by Crippen LogP contribution is -2.38. The number of carbonyl (C=O) groups is 2. The second-order valence-corrected chi connectivity index (χ2v) is 7.77. The van der Waals surface area contributed by atoms with Crippen LogP contribution in [0.2, 0.25) is 0 Å². The SMILES string of the molecule is Cc1nc(C(=O)Nc2ccc(F)c(NC(=O)CCN3CCOCC3)c2)nn1-c1ccc(F)cc1. The second-order valence-electron chi connectivity index (χ2n) is 7.77. The molecule has 2 heterocycles. The van der Waals surface area contributed by atoms with Gasteiger partial charge in [-0.05, 0) is 49.4 Å². The van der Waals surface area contributed by atoms with Gasteiger partial charge in [-0.1, -0.05) is 0 Å². The summed E-state index contributed by atoms with van der Waals surface area (Å²) in [6.07, 6.45) is 0.208. The number of nitrogens with one attached hydrogen (secondary N) is 2. The van der Waals surface area contributed by atoms with Crippen molar-refractivity contribution < 1.29 is 23.1 Å². The molecule has 0 radical (unpaired) electrons. The molecule has 178 valence electrons. The Kier molecular flexibility index (Phi) is 7.24. The molecule has 0 aliphatic carbocycles. The zero-order valence-electron chi connectivity index (χ0n) is 18.6. The number of aromatic nitrogens is 3. The first-order chi connectivity index (χ1) is 16.4. The molecule has 0 bridgehead atoms. The molecule has 1 aromatic heterocycles. The van der Waals surface area contributed by atoms with Crippen LogP contribution in [0.1, 0.15) is 22.9 Å². The minimum Gasteiger partial charge on any atom is -0.379 e. The Morgan fingerprint density at radius 1 is 1.06 bits per heavy atom. The molecule has 0 atom stereocenters. The van der Waals surface area contributed by atoms with E-state index in [1.165, 1.54) is 41.1 Å². The summed E-state index contributed by atoms with van der Waals surface area (Å²) in [5.41, 5.74) is 0.783. The summed E-state index contributed by atoms with van der Waals surface area (Å²) in [7, 11) is 0.